The second-order valence-corrected chi connectivity index (χ2v) is 16.6. The van der Waals surface area contributed by atoms with E-state index in [1.807, 2.05) is 34.1 Å². The number of fused-ring (bicyclic) bond motifs is 1. The van der Waals surface area contributed by atoms with Crippen molar-refractivity contribution >= 4 is 41.5 Å². The first-order valence-electron chi connectivity index (χ1n) is 21.5. The summed E-state index contributed by atoms with van der Waals surface area (Å²) < 4.78 is 27.6. The number of halogens is 2. The number of rotatable bonds is 15. The van der Waals surface area contributed by atoms with Crippen LogP contribution in [0.2, 0.25) is 0 Å². The lowest BCUT2D eigenvalue weighted by Gasteiger charge is -2.35. The van der Waals surface area contributed by atoms with Gasteiger partial charge in [-0.15, -0.1) is 0 Å². The Kier molecular flexibility index (Phi) is 16.1. The van der Waals surface area contributed by atoms with Crippen LogP contribution < -0.4 is 10.6 Å². The molecule has 1 aromatic carbocycles. The second kappa shape index (κ2) is 21.9. The maximum atomic E-state index is 13.8. The van der Waals surface area contributed by atoms with E-state index in [0.29, 0.717) is 77.6 Å². The molecule has 21 heteroatoms. The number of alkyl halides is 2. The maximum absolute atomic E-state index is 13.8. The van der Waals surface area contributed by atoms with E-state index in [4.69, 9.17) is 0 Å². The van der Waals surface area contributed by atoms with Gasteiger partial charge < -0.3 is 35.5 Å². The number of nitrogens with zero attached hydrogens (tertiary/aromatic N) is 8. The van der Waals surface area contributed by atoms with E-state index >= 15 is 0 Å². The molecule has 0 aromatic heterocycles. The first-order valence-corrected chi connectivity index (χ1v) is 21.5. The van der Waals surface area contributed by atoms with Crippen LogP contribution in [0.5, 0.6) is 0 Å². The van der Waals surface area contributed by atoms with Gasteiger partial charge in [0.25, 0.3) is 11.8 Å². The van der Waals surface area contributed by atoms with Crippen molar-refractivity contribution in [1.82, 2.24) is 40.0 Å². The van der Waals surface area contributed by atoms with E-state index in [-0.39, 0.29) is 49.7 Å². The molecular weight excluding hydrogens is 851 g/mol. The number of allylic oxidation sites excluding steroid dienone is 3. The van der Waals surface area contributed by atoms with Gasteiger partial charge in [0.2, 0.25) is 23.6 Å². The van der Waals surface area contributed by atoms with Crippen molar-refractivity contribution in [1.29, 1.82) is 5.26 Å². The monoisotopic (exact) mass is 903 g/mol. The van der Waals surface area contributed by atoms with Crippen molar-refractivity contribution < 1.29 is 52.6 Å². The number of hydrogen-bond donors (Lipinski definition) is 4. The van der Waals surface area contributed by atoms with Crippen LogP contribution in [0.15, 0.2) is 59.7 Å². The van der Waals surface area contributed by atoms with Crippen LogP contribution in [0.4, 0.5) is 8.78 Å². The molecule has 0 saturated carbocycles. The summed E-state index contributed by atoms with van der Waals surface area (Å²) in [6.45, 7) is 3.33. The molecule has 3 fully saturated rings. The molecule has 4 N–H and O–H groups in total. The fourth-order valence-corrected chi connectivity index (χ4v) is 8.40. The maximum Gasteiger partial charge on any atom is 0.321 e. The predicted molar refractivity (Wildman–Crippen MR) is 228 cm³/mol. The summed E-state index contributed by atoms with van der Waals surface area (Å²) in [4.78, 5) is 102. The predicted octanol–water partition coefficient (Wildman–Crippen LogP) is -0.233. The number of carbonyl (C=O) groups excluding carboxylic acids is 5. The zero-order chi connectivity index (χ0) is 46.7. The third kappa shape index (κ3) is 13.5. The lowest BCUT2D eigenvalue weighted by Crippen LogP contribution is -2.51. The van der Waals surface area contributed by atoms with Gasteiger partial charge in [-0.3, -0.25) is 48.3 Å². The zero-order valence-corrected chi connectivity index (χ0v) is 35.9. The van der Waals surface area contributed by atoms with Gasteiger partial charge in [0.15, 0.2) is 0 Å². The largest absolute Gasteiger partial charge is 0.480 e. The second-order valence-electron chi connectivity index (χ2n) is 16.6. The van der Waals surface area contributed by atoms with Crippen molar-refractivity contribution in [3.8, 4) is 12.1 Å². The zero-order valence-electron chi connectivity index (χ0n) is 35.9. The number of hydrogen-bond acceptors (Lipinski definition) is 11. The quantitative estimate of drug-likeness (QED) is 0.179. The van der Waals surface area contributed by atoms with Gasteiger partial charge in [0.05, 0.1) is 55.9 Å². The molecule has 2 unspecified atom stereocenters. The third-order valence-electron chi connectivity index (χ3n) is 11.9. The van der Waals surface area contributed by atoms with Crippen molar-refractivity contribution in [3.05, 3.63) is 75.7 Å². The number of carbonyl (C=O) groups is 7. The Morgan fingerprint density at radius 1 is 0.800 bits per heavy atom. The SMILES string of the molecule is N#C[C@@H]1CC(F)(F)CN1C(=O)CNC(=O)C1=CC#[N+]C2C1=CC=CC2NC(=O)CCC(=O)N1CCN(C(=O)Cc2ccc(CN3CCN(CC(=O)O)CCN(CC(=O)O)CC3)cc2)CC1. The lowest BCUT2D eigenvalue weighted by molar-refractivity contribution is -0.140. The van der Waals surface area contributed by atoms with Gasteiger partial charge in [-0.05, 0) is 11.1 Å². The normalized spacial score (nSPS) is 22.4. The van der Waals surface area contributed by atoms with Crippen LogP contribution in [0.1, 0.15) is 30.4 Å². The molecule has 1 aromatic rings. The van der Waals surface area contributed by atoms with Crippen molar-refractivity contribution in [2.75, 3.05) is 91.6 Å². The summed E-state index contributed by atoms with van der Waals surface area (Å²) in [7, 11) is 0. The highest BCUT2D eigenvalue weighted by Gasteiger charge is 2.47. The summed E-state index contributed by atoms with van der Waals surface area (Å²) in [5, 5.41) is 33.1. The first-order chi connectivity index (χ1) is 31.1. The highest BCUT2D eigenvalue weighted by atomic mass is 19.3. The van der Waals surface area contributed by atoms with E-state index in [0.717, 1.165) is 16.0 Å². The number of carboxylic acid groups (broad SMARTS) is 2. The molecule has 346 valence electrons. The summed E-state index contributed by atoms with van der Waals surface area (Å²) in [6, 6.07) is 9.34. The molecular formula is C44H53F2N10O9+. The van der Waals surface area contributed by atoms with Gasteiger partial charge >= 0.3 is 24.0 Å². The first kappa shape index (κ1) is 47.9. The van der Waals surface area contributed by atoms with Gasteiger partial charge in [0.1, 0.15) is 12.1 Å². The summed E-state index contributed by atoms with van der Waals surface area (Å²) >= 11 is 0. The summed E-state index contributed by atoms with van der Waals surface area (Å²) in [5.41, 5.74) is 2.38. The molecule has 3 saturated heterocycles. The van der Waals surface area contributed by atoms with E-state index in [1.54, 1.807) is 34.1 Å². The van der Waals surface area contributed by atoms with Crippen LogP contribution in [-0.4, -0.2) is 197 Å². The Bertz CT molecular complexity index is 2180. The Hall–Kier alpha value is -6.55. The fourth-order valence-electron chi connectivity index (χ4n) is 8.40. The molecule has 5 amide bonds. The highest BCUT2D eigenvalue weighted by molar-refractivity contribution is 6.01. The number of aliphatic carboxylic acids is 2. The minimum atomic E-state index is -3.19. The fraction of sp³-hybridized carbons (Fsp3) is 0.523. The molecule has 4 heterocycles. The van der Waals surface area contributed by atoms with Crippen LogP contribution in [-0.2, 0) is 46.5 Å². The van der Waals surface area contributed by atoms with E-state index in [1.165, 1.54) is 6.08 Å². The molecule has 5 aliphatic rings. The molecule has 65 heavy (non-hydrogen) atoms. The number of likely N-dealkylation sites (tertiary alicyclic amines) is 1. The lowest BCUT2D eigenvalue weighted by atomic mass is 9.87. The molecule has 19 nitrogen and oxygen atoms in total. The van der Waals surface area contributed by atoms with Gasteiger partial charge in [-0.25, -0.2) is 8.78 Å². The van der Waals surface area contributed by atoms with Crippen molar-refractivity contribution in [2.45, 2.75) is 56.3 Å². The van der Waals surface area contributed by atoms with Gasteiger partial charge in [-0.2, -0.15) is 5.26 Å². The number of nitriles is 1. The smallest absolute Gasteiger partial charge is 0.321 e. The molecule has 0 radical (unpaired) electrons. The van der Waals surface area contributed by atoms with Crippen LogP contribution >= 0.6 is 0 Å². The molecule has 4 aliphatic heterocycles. The molecule has 1 aliphatic carbocycles. The Labute approximate surface area is 374 Å². The van der Waals surface area contributed by atoms with Gasteiger partial charge in [-0.1, -0.05) is 47.3 Å². The average Bonchev–Trinajstić information content (AvgIpc) is 3.64. The summed E-state index contributed by atoms with van der Waals surface area (Å²) in [5.74, 6) is -7.31. The molecule has 3 atom stereocenters. The van der Waals surface area contributed by atoms with E-state index < -0.39 is 73.2 Å². The molecule has 6 rings (SSSR count). The van der Waals surface area contributed by atoms with Crippen LogP contribution in [0, 0.1) is 17.4 Å². The molecule has 0 spiro atoms. The highest BCUT2D eigenvalue weighted by Crippen LogP contribution is 2.32. The summed E-state index contributed by atoms with van der Waals surface area (Å²) in [6.07, 6.45) is 5.48. The number of piperazine rings is 1. The van der Waals surface area contributed by atoms with Gasteiger partial charge in [0, 0.05) is 91.3 Å². The van der Waals surface area contributed by atoms with Crippen LogP contribution in [0.3, 0.4) is 0 Å². The molecule has 0 bridgehead atoms. The van der Waals surface area contributed by atoms with Crippen LogP contribution in [0.25, 0.3) is 4.85 Å². The van der Waals surface area contributed by atoms with Crippen molar-refractivity contribution in [3.63, 3.8) is 0 Å². The third-order valence-corrected chi connectivity index (χ3v) is 11.9. The van der Waals surface area contributed by atoms with Crippen molar-refractivity contribution in [2.24, 2.45) is 0 Å². The average molecular weight is 904 g/mol. The number of carboxylic acids is 2. The van der Waals surface area contributed by atoms with E-state index in [9.17, 15) is 57.8 Å². The Morgan fingerprint density at radius 3 is 1.98 bits per heavy atom. The van der Waals surface area contributed by atoms with E-state index in [2.05, 4.69) is 26.4 Å². The topological polar surface area (TPSA) is 232 Å². The standard InChI is InChI=1S/C44H52F2N10O9/c45-44(46)23-32(24-47)56(29-44)39(60)25-49-43(65)34-10-11-48-42-33(34)2-1-3-35(42)50-36(57)8-9-37(58)54-18-20-55(21-19-54)38(59)22-30-4-6-31(7-5-30)26-51-12-14-52(27-40(61)62)16-17-53(15-13-51)28-41(63)64/h1-7,10,32,35,42H,8-9,12-23,25-29H2,(H3-,49,50,57,61,62,63,64,65)/p+1/t32-,35?,42?/m0/s1. The minimum Gasteiger partial charge on any atom is -0.480 e. The minimum absolute atomic E-state index is 0.0683. The Balaban J connectivity index is 0.902. The number of nitrogens with one attached hydrogen (secondary N) is 2. The number of amides is 5. The Morgan fingerprint density at radius 2 is 1.38 bits per heavy atom. The number of benzene rings is 1.